The number of aromatic nitrogens is 2. The lowest BCUT2D eigenvalue weighted by Crippen LogP contribution is -2.32. The predicted octanol–water partition coefficient (Wildman–Crippen LogP) is 3.23. The van der Waals surface area contributed by atoms with Gasteiger partial charge in [-0.2, -0.15) is 5.10 Å². The SMILES string of the molecule is CCCn1nc(C(=O)N(C)C(C)c2cc3ccccc3o2)ccc1=O. The van der Waals surface area contributed by atoms with E-state index in [1.54, 1.807) is 11.9 Å². The number of para-hydroxylation sites is 1. The van der Waals surface area contributed by atoms with Crippen LogP contribution in [-0.2, 0) is 6.54 Å². The van der Waals surface area contributed by atoms with Gasteiger partial charge in [0, 0.05) is 25.0 Å². The first-order chi connectivity index (χ1) is 12.0. The molecule has 3 rings (SSSR count). The topological polar surface area (TPSA) is 68.3 Å². The molecule has 0 fully saturated rings. The minimum Gasteiger partial charge on any atom is -0.459 e. The summed E-state index contributed by atoms with van der Waals surface area (Å²) in [4.78, 5) is 26.1. The van der Waals surface area contributed by atoms with Gasteiger partial charge in [-0.3, -0.25) is 9.59 Å². The number of furan rings is 1. The molecule has 1 aromatic carbocycles. The molecule has 0 spiro atoms. The van der Waals surface area contributed by atoms with Crippen molar-refractivity contribution in [2.24, 2.45) is 0 Å². The third-order valence-electron chi connectivity index (χ3n) is 4.28. The first-order valence-corrected chi connectivity index (χ1v) is 8.35. The molecule has 6 heteroatoms. The van der Waals surface area contributed by atoms with Crippen molar-refractivity contribution < 1.29 is 9.21 Å². The number of carbonyl (C=O) groups excluding carboxylic acids is 1. The van der Waals surface area contributed by atoms with Crippen LogP contribution in [0.2, 0.25) is 0 Å². The molecule has 0 N–H and O–H groups in total. The molecule has 1 amide bonds. The van der Waals surface area contributed by atoms with Gasteiger partial charge in [-0.25, -0.2) is 4.68 Å². The molecular formula is C19H21N3O3. The zero-order chi connectivity index (χ0) is 18.0. The fourth-order valence-corrected chi connectivity index (χ4v) is 2.69. The smallest absolute Gasteiger partial charge is 0.274 e. The lowest BCUT2D eigenvalue weighted by atomic mass is 10.2. The Balaban J connectivity index is 1.86. The van der Waals surface area contributed by atoms with E-state index in [1.807, 2.05) is 44.2 Å². The average Bonchev–Trinajstić information content (AvgIpc) is 3.06. The molecule has 0 aliphatic carbocycles. The van der Waals surface area contributed by atoms with E-state index in [-0.39, 0.29) is 23.2 Å². The molecule has 1 atom stereocenters. The van der Waals surface area contributed by atoms with Crippen LogP contribution in [0.4, 0.5) is 0 Å². The number of nitrogens with zero attached hydrogens (tertiary/aromatic N) is 3. The Bertz CT molecular complexity index is 925. The number of benzene rings is 1. The zero-order valence-electron chi connectivity index (χ0n) is 14.6. The van der Waals surface area contributed by atoms with E-state index in [9.17, 15) is 9.59 Å². The molecule has 0 radical (unpaired) electrons. The highest BCUT2D eigenvalue weighted by atomic mass is 16.3. The number of fused-ring (bicyclic) bond motifs is 1. The van der Waals surface area contributed by atoms with Crippen molar-refractivity contribution in [3.63, 3.8) is 0 Å². The van der Waals surface area contributed by atoms with Crippen LogP contribution < -0.4 is 5.56 Å². The lowest BCUT2D eigenvalue weighted by molar-refractivity contribution is 0.0718. The summed E-state index contributed by atoms with van der Waals surface area (Å²) in [5.74, 6) is 0.455. The van der Waals surface area contributed by atoms with Gasteiger partial charge >= 0.3 is 0 Å². The summed E-state index contributed by atoms with van der Waals surface area (Å²) in [5, 5.41) is 5.18. The monoisotopic (exact) mass is 339 g/mol. The maximum absolute atomic E-state index is 12.7. The third-order valence-corrected chi connectivity index (χ3v) is 4.28. The van der Waals surface area contributed by atoms with Gasteiger partial charge in [0.2, 0.25) is 0 Å². The first-order valence-electron chi connectivity index (χ1n) is 8.35. The third kappa shape index (κ3) is 3.33. The maximum Gasteiger partial charge on any atom is 0.274 e. The van der Waals surface area contributed by atoms with Crippen LogP contribution in [0.25, 0.3) is 11.0 Å². The average molecular weight is 339 g/mol. The van der Waals surface area contributed by atoms with Crippen molar-refractivity contribution in [2.45, 2.75) is 32.9 Å². The molecule has 0 saturated heterocycles. The summed E-state index contributed by atoms with van der Waals surface area (Å²) in [7, 11) is 1.71. The van der Waals surface area contributed by atoms with Crippen LogP contribution in [0.5, 0.6) is 0 Å². The van der Waals surface area contributed by atoms with Gasteiger partial charge < -0.3 is 9.32 Å². The van der Waals surface area contributed by atoms with Gasteiger partial charge in [0.1, 0.15) is 17.0 Å². The molecular weight excluding hydrogens is 318 g/mol. The van der Waals surface area contributed by atoms with E-state index in [4.69, 9.17) is 4.42 Å². The summed E-state index contributed by atoms with van der Waals surface area (Å²) in [6.07, 6.45) is 0.774. The molecule has 2 aromatic heterocycles. The van der Waals surface area contributed by atoms with Crippen molar-refractivity contribution >= 4 is 16.9 Å². The quantitative estimate of drug-likeness (QED) is 0.716. The van der Waals surface area contributed by atoms with E-state index in [0.29, 0.717) is 12.3 Å². The Kier molecular flexibility index (Phi) is 4.70. The fraction of sp³-hybridized carbons (Fsp3) is 0.316. The van der Waals surface area contributed by atoms with E-state index >= 15 is 0 Å². The van der Waals surface area contributed by atoms with Crippen LogP contribution in [0, 0.1) is 0 Å². The fourth-order valence-electron chi connectivity index (χ4n) is 2.69. The van der Waals surface area contributed by atoms with Gasteiger partial charge in [0.15, 0.2) is 0 Å². The van der Waals surface area contributed by atoms with Gasteiger partial charge in [0.25, 0.3) is 11.5 Å². The normalized spacial score (nSPS) is 12.3. The van der Waals surface area contributed by atoms with E-state index in [2.05, 4.69) is 5.10 Å². The highest BCUT2D eigenvalue weighted by molar-refractivity contribution is 5.92. The second-order valence-electron chi connectivity index (χ2n) is 6.06. The van der Waals surface area contributed by atoms with Crippen LogP contribution in [0.1, 0.15) is 42.6 Å². The van der Waals surface area contributed by atoms with Crippen LogP contribution >= 0.6 is 0 Å². The Morgan fingerprint density at radius 3 is 2.76 bits per heavy atom. The van der Waals surface area contributed by atoms with E-state index in [0.717, 1.165) is 17.4 Å². The largest absolute Gasteiger partial charge is 0.459 e. The number of rotatable bonds is 5. The summed E-state index contributed by atoms with van der Waals surface area (Å²) in [6.45, 7) is 4.35. The standard InChI is InChI=1S/C19H21N3O3/c1-4-11-22-18(23)10-9-15(20-22)19(24)21(3)13(2)17-12-14-7-5-6-8-16(14)25-17/h5-10,12-13H,4,11H2,1-3H3. The van der Waals surface area contributed by atoms with Crippen molar-refractivity contribution in [1.29, 1.82) is 0 Å². The molecule has 0 bridgehead atoms. The van der Waals surface area contributed by atoms with Crippen LogP contribution in [-0.4, -0.2) is 27.6 Å². The molecule has 6 nitrogen and oxygen atoms in total. The second kappa shape index (κ2) is 6.93. The molecule has 130 valence electrons. The molecule has 0 aliphatic heterocycles. The van der Waals surface area contributed by atoms with Crippen molar-refractivity contribution in [2.75, 3.05) is 7.05 Å². The Labute approximate surface area is 145 Å². The molecule has 1 unspecified atom stereocenters. The number of hydrogen-bond acceptors (Lipinski definition) is 4. The zero-order valence-corrected chi connectivity index (χ0v) is 14.6. The highest BCUT2D eigenvalue weighted by Gasteiger charge is 2.23. The number of amides is 1. The molecule has 25 heavy (non-hydrogen) atoms. The summed E-state index contributed by atoms with van der Waals surface area (Å²) >= 11 is 0. The number of hydrogen-bond donors (Lipinski definition) is 0. The Hall–Kier alpha value is -2.89. The molecule has 0 aliphatic rings. The van der Waals surface area contributed by atoms with Crippen LogP contribution in [0.3, 0.4) is 0 Å². The van der Waals surface area contributed by atoms with Crippen molar-refractivity contribution in [1.82, 2.24) is 14.7 Å². The number of carbonyl (C=O) groups is 1. The van der Waals surface area contributed by atoms with Gasteiger partial charge in [-0.1, -0.05) is 25.1 Å². The maximum atomic E-state index is 12.7. The Morgan fingerprint density at radius 1 is 1.28 bits per heavy atom. The number of aryl methyl sites for hydroxylation is 1. The summed E-state index contributed by atoms with van der Waals surface area (Å²) < 4.78 is 7.18. The van der Waals surface area contributed by atoms with Crippen molar-refractivity contribution in [3.05, 3.63) is 64.3 Å². The minimum absolute atomic E-state index is 0.202. The lowest BCUT2D eigenvalue weighted by Gasteiger charge is -2.23. The molecule has 0 saturated carbocycles. The predicted molar refractivity (Wildman–Crippen MR) is 95.5 cm³/mol. The highest BCUT2D eigenvalue weighted by Crippen LogP contribution is 2.27. The first kappa shape index (κ1) is 17.0. The van der Waals surface area contributed by atoms with E-state index < -0.39 is 0 Å². The van der Waals surface area contributed by atoms with E-state index in [1.165, 1.54) is 16.8 Å². The second-order valence-corrected chi connectivity index (χ2v) is 6.06. The minimum atomic E-state index is -0.256. The van der Waals surface area contributed by atoms with Crippen molar-refractivity contribution in [3.8, 4) is 0 Å². The van der Waals surface area contributed by atoms with Gasteiger partial charge in [0.05, 0.1) is 6.04 Å². The Morgan fingerprint density at radius 2 is 2.04 bits per heavy atom. The molecule has 3 aromatic rings. The summed E-state index contributed by atoms with van der Waals surface area (Å²) in [6, 6.07) is 12.3. The van der Waals surface area contributed by atoms with Gasteiger partial charge in [-0.15, -0.1) is 0 Å². The molecule has 2 heterocycles. The van der Waals surface area contributed by atoms with Gasteiger partial charge in [-0.05, 0) is 31.5 Å². The summed E-state index contributed by atoms with van der Waals surface area (Å²) in [5.41, 5.74) is 0.838. The van der Waals surface area contributed by atoms with Crippen LogP contribution in [0.15, 0.2) is 51.7 Å².